The van der Waals surface area contributed by atoms with Crippen LogP contribution in [0.25, 0.3) is 11.1 Å². The molecule has 158 valence electrons. The molecule has 1 aromatic heterocycles. The molecule has 8 heteroatoms. The van der Waals surface area contributed by atoms with Crippen molar-refractivity contribution in [2.45, 2.75) is 6.04 Å². The van der Waals surface area contributed by atoms with Gasteiger partial charge in [-0.15, -0.1) is 0 Å². The van der Waals surface area contributed by atoms with Gasteiger partial charge in [-0.1, -0.05) is 12.1 Å². The molecule has 0 bridgehead atoms. The molecule has 30 heavy (non-hydrogen) atoms. The van der Waals surface area contributed by atoms with Crippen LogP contribution < -0.4 is 15.8 Å². The van der Waals surface area contributed by atoms with Gasteiger partial charge in [-0.3, -0.25) is 19.2 Å². The maximum atomic E-state index is 12.6. The van der Waals surface area contributed by atoms with E-state index in [0.717, 1.165) is 25.4 Å². The molecule has 2 aromatic carbocycles. The van der Waals surface area contributed by atoms with Crippen LogP contribution in [-0.4, -0.2) is 60.6 Å². The lowest BCUT2D eigenvalue weighted by Crippen LogP contribution is -2.48. The summed E-state index contributed by atoms with van der Waals surface area (Å²) in [5, 5.41) is 2.91. The average Bonchev–Trinajstić information content (AvgIpc) is 3.02. The molecule has 3 aromatic rings. The molecule has 1 saturated heterocycles. The summed E-state index contributed by atoms with van der Waals surface area (Å²) in [7, 11) is 5.42. The van der Waals surface area contributed by atoms with Crippen molar-refractivity contribution in [3.8, 4) is 5.75 Å². The Bertz CT molecular complexity index is 1100. The number of nitrogens with zero attached hydrogens (tertiary/aromatic N) is 3. The summed E-state index contributed by atoms with van der Waals surface area (Å²) < 4.78 is 11.9. The topological polar surface area (TPSA) is 80.0 Å². The van der Waals surface area contributed by atoms with E-state index in [1.165, 1.54) is 10.1 Å². The Balaban J connectivity index is 1.40. The predicted octanol–water partition coefficient (Wildman–Crippen LogP) is 2.07. The summed E-state index contributed by atoms with van der Waals surface area (Å²) in [6.45, 7) is 2.77. The third kappa shape index (κ3) is 4.10. The minimum Gasteiger partial charge on any atom is -0.497 e. The maximum Gasteiger partial charge on any atom is 0.419 e. The number of piperazine rings is 1. The monoisotopic (exact) mass is 410 g/mol. The first-order chi connectivity index (χ1) is 14.4. The Morgan fingerprint density at radius 2 is 1.93 bits per heavy atom. The van der Waals surface area contributed by atoms with Crippen LogP contribution in [0.4, 0.5) is 5.69 Å². The number of aromatic nitrogens is 1. The molecule has 2 heterocycles. The number of aryl methyl sites for hydroxylation is 1. The Morgan fingerprint density at radius 1 is 1.17 bits per heavy atom. The van der Waals surface area contributed by atoms with E-state index in [9.17, 15) is 9.59 Å². The number of hydrogen-bond acceptors (Lipinski definition) is 6. The van der Waals surface area contributed by atoms with Crippen LogP contribution in [0.1, 0.15) is 11.6 Å². The van der Waals surface area contributed by atoms with Crippen molar-refractivity contribution in [2.75, 3.05) is 45.7 Å². The number of carbonyl (C=O) groups excluding carboxylic acids is 1. The smallest absolute Gasteiger partial charge is 0.419 e. The number of likely N-dealkylation sites (N-methyl/N-ethyl adjacent to an activating group) is 1. The number of benzene rings is 2. The van der Waals surface area contributed by atoms with Crippen LogP contribution in [-0.2, 0) is 11.8 Å². The second-order valence-electron chi connectivity index (χ2n) is 7.66. The molecule has 0 radical (unpaired) electrons. The van der Waals surface area contributed by atoms with Gasteiger partial charge in [0, 0.05) is 44.5 Å². The summed E-state index contributed by atoms with van der Waals surface area (Å²) in [6.07, 6.45) is 0. The second-order valence-corrected chi connectivity index (χ2v) is 7.66. The number of fused-ring (bicyclic) bond motifs is 1. The number of amides is 1. The van der Waals surface area contributed by atoms with E-state index in [2.05, 4.69) is 34.3 Å². The molecule has 1 atom stereocenters. The molecule has 0 aliphatic carbocycles. The van der Waals surface area contributed by atoms with E-state index in [0.29, 0.717) is 23.3 Å². The molecule has 1 aliphatic heterocycles. The Hall–Kier alpha value is -3.10. The number of hydrogen-bond donors (Lipinski definition) is 1. The zero-order chi connectivity index (χ0) is 21.3. The lowest BCUT2D eigenvalue weighted by molar-refractivity contribution is -0.118. The molecule has 1 N–H and O–H groups in total. The molecular formula is C22H26N4O4. The van der Waals surface area contributed by atoms with E-state index in [1.807, 2.05) is 12.1 Å². The highest BCUT2D eigenvalue weighted by atomic mass is 16.5. The number of rotatable bonds is 5. The number of oxazole rings is 1. The van der Waals surface area contributed by atoms with Gasteiger partial charge in [0.25, 0.3) is 0 Å². The predicted molar refractivity (Wildman–Crippen MR) is 115 cm³/mol. The number of nitrogens with one attached hydrogen (secondary N) is 1. The van der Waals surface area contributed by atoms with Gasteiger partial charge < -0.3 is 14.5 Å². The first-order valence-corrected chi connectivity index (χ1v) is 9.90. The fraction of sp³-hybridized carbons (Fsp3) is 0.364. The van der Waals surface area contributed by atoms with Crippen molar-refractivity contribution < 1.29 is 13.9 Å². The van der Waals surface area contributed by atoms with Crippen LogP contribution in [0, 0.1) is 0 Å². The van der Waals surface area contributed by atoms with E-state index in [1.54, 1.807) is 32.4 Å². The first-order valence-electron chi connectivity index (χ1n) is 9.90. The van der Waals surface area contributed by atoms with E-state index in [-0.39, 0.29) is 11.9 Å². The minimum absolute atomic E-state index is 0.0920. The highest BCUT2D eigenvalue weighted by molar-refractivity contribution is 5.94. The third-order valence-corrected chi connectivity index (χ3v) is 5.68. The Labute approximate surface area is 174 Å². The molecule has 8 nitrogen and oxygen atoms in total. The fourth-order valence-electron chi connectivity index (χ4n) is 3.88. The highest BCUT2D eigenvalue weighted by Crippen LogP contribution is 2.26. The molecule has 0 unspecified atom stereocenters. The van der Waals surface area contributed by atoms with Crippen LogP contribution in [0.15, 0.2) is 51.7 Å². The standard InChI is InChI=1S/C22H26N4O4/c1-24-10-11-26(13-19(24)15-4-7-17(29-3)8-5-15)14-21(27)23-16-6-9-18-20(12-16)30-22(28)25(18)2/h4-9,12,19H,10-11,13-14H2,1-3H3,(H,23,27)/t19-/m1/s1. The second kappa shape index (κ2) is 8.33. The summed E-state index contributed by atoms with van der Waals surface area (Å²) in [6, 6.07) is 13.5. The highest BCUT2D eigenvalue weighted by Gasteiger charge is 2.26. The molecule has 1 aliphatic rings. The minimum atomic E-state index is -0.421. The van der Waals surface area contributed by atoms with Crippen molar-refractivity contribution in [1.29, 1.82) is 0 Å². The van der Waals surface area contributed by atoms with Crippen LogP contribution in [0.3, 0.4) is 0 Å². The van der Waals surface area contributed by atoms with Crippen molar-refractivity contribution in [3.63, 3.8) is 0 Å². The molecule has 0 spiro atoms. The summed E-state index contributed by atoms with van der Waals surface area (Å²) in [4.78, 5) is 28.7. The molecule has 4 rings (SSSR count). The number of ether oxygens (including phenoxy) is 1. The van der Waals surface area contributed by atoms with E-state index < -0.39 is 5.76 Å². The average molecular weight is 410 g/mol. The van der Waals surface area contributed by atoms with Gasteiger partial charge in [-0.2, -0.15) is 0 Å². The normalized spacial score (nSPS) is 17.9. The van der Waals surface area contributed by atoms with Gasteiger partial charge in [0.15, 0.2) is 5.58 Å². The van der Waals surface area contributed by atoms with Gasteiger partial charge >= 0.3 is 5.76 Å². The van der Waals surface area contributed by atoms with Crippen molar-refractivity contribution in [1.82, 2.24) is 14.4 Å². The lowest BCUT2D eigenvalue weighted by atomic mass is 10.0. The SMILES string of the molecule is COc1ccc([C@H]2CN(CC(=O)Nc3ccc4c(c3)oc(=O)n4C)CCN2C)cc1. The largest absolute Gasteiger partial charge is 0.497 e. The van der Waals surface area contributed by atoms with Crippen LogP contribution in [0.5, 0.6) is 5.75 Å². The van der Waals surface area contributed by atoms with Gasteiger partial charge in [0.1, 0.15) is 5.75 Å². The maximum absolute atomic E-state index is 12.6. The van der Waals surface area contributed by atoms with E-state index in [4.69, 9.17) is 9.15 Å². The van der Waals surface area contributed by atoms with Crippen molar-refractivity contribution >= 4 is 22.7 Å². The Morgan fingerprint density at radius 3 is 2.67 bits per heavy atom. The number of carbonyl (C=O) groups is 1. The van der Waals surface area contributed by atoms with Gasteiger partial charge in [0.2, 0.25) is 5.91 Å². The summed E-state index contributed by atoms with van der Waals surface area (Å²) in [5.74, 6) is 0.320. The number of methoxy groups -OCH3 is 1. The zero-order valence-electron chi connectivity index (χ0n) is 17.4. The summed E-state index contributed by atoms with van der Waals surface area (Å²) in [5.41, 5.74) is 2.97. The van der Waals surface area contributed by atoms with E-state index >= 15 is 0 Å². The number of anilines is 1. The molecule has 0 saturated carbocycles. The first kappa shape index (κ1) is 20.2. The zero-order valence-corrected chi connectivity index (χ0v) is 17.4. The van der Waals surface area contributed by atoms with Crippen LogP contribution >= 0.6 is 0 Å². The molecule has 1 amide bonds. The van der Waals surface area contributed by atoms with Gasteiger partial charge in [0.05, 0.1) is 19.2 Å². The molecular weight excluding hydrogens is 384 g/mol. The lowest BCUT2D eigenvalue weighted by Gasteiger charge is -2.39. The fourth-order valence-corrected chi connectivity index (χ4v) is 3.88. The Kier molecular flexibility index (Phi) is 5.61. The van der Waals surface area contributed by atoms with Crippen molar-refractivity contribution in [2.24, 2.45) is 7.05 Å². The molecule has 1 fully saturated rings. The summed E-state index contributed by atoms with van der Waals surface area (Å²) >= 11 is 0. The van der Waals surface area contributed by atoms with Crippen LogP contribution in [0.2, 0.25) is 0 Å². The van der Waals surface area contributed by atoms with Crippen molar-refractivity contribution in [3.05, 3.63) is 58.6 Å². The van der Waals surface area contributed by atoms with Gasteiger partial charge in [-0.25, -0.2) is 4.79 Å². The quantitative estimate of drug-likeness (QED) is 0.694. The third-order valence-electron chi connectivity index (χ3n) is 5.68. The van der Waals surface area contributed by atoms with Gasteiger partial charge in [-0.05, 0) is 36.9 Å².